The SMILES string of the molecule is CC1CCC2(CC1)CC1CCC2C1. The molecule has 0 heteroatoms. The predicted octanol–water partition coefficient (Wildman–Crippen LogP) is 4.00. The van der Waals surface area contributed by atoms with E-state index in [1.54, 1.807) is 38.5 Å². The topological polar surface area (TPSA) is 0 Å². The summed E-state index contributed by atoms with van der Waals surface area (Å²) in [6.45, 7) is 2.44. The van der Waals surface area contributed by atoms with Crippen LogP contribution in [0.5, 0.6) is 0 Å². The highest BCUT2D eigenvalue weighted by Crippen LogP contribution is 2.62. The van der Waals surface area contributed by atoms with Gasteiger partial charge in [-0.25, -0.2) is 0 Å². The van der Waals surface area contributed by atoms with Gasteiger partial charge in [0.2, 0.25) is 0 Å². The molecule has 2 bridgehead atoms. The van der Waals surface area contributed by atoms with Gasteiger partial charge in [0, 0.05) is 0 Å². The number of hydrogen-bond acceptors (Lipinski definition) is 0. The van der Waals surface area contributed by atoms with Crippen molar-refractivity contribution >= 4 is 0 Å². The molecule has 0 nitrogen and oxygen atoms in total. The first kappa shape index (κ1) is 8.32. The minimum absolute atomic E-state index is 0.870. The van der Waals surface area contributed by atoms with Crippen LogP contribution < -0.4 is 0 Å². The zero-order valence-electron chi connectivity index (χ0n) is 8.89. The molecule has 74 valence electrons. The molecule has 0 aromatic heterocycles. The number of rotatable bonds is 0. The lowest BCUT2D eigenvalue weighted by Gasteiger charge is -2.43. The molecule has 0 N–H and O–H groups in total. The van der Waals surface area contributed by atoms with Gasteiger partial charge in [0.15, 0.2) is 0 Å². The molecule has 0 saturated heterocycles. The van der Waals surface area contributed by atoms with Gasteiger partial charge in [-0.15, -0.1) is 0 Å². The van der Waals surface area contributed by atoms with Gasteiger partial charge in [0.25, 0.3) is 0 Å². The summed E-state index contributed by atoms with van der Waals surface area (Å²) in [5.41, 5.74) is 0.870. The summed E-state index contributed by atoms with van der Waals surface area (Å²) >= 11 is 0. The Morgan fingerprint density at radius 3 is 2.31 bits per heavy atom. The Morgan fingerprint density at radius 2 is 1.77 bits per heavy atom. The van der Waals surface area contributed by atoms with Crippen molar-refractivity contribution in [3.63, 3.8) is 0 Å². The lowest BCUT2D eigenvalue weighted by atomic mass is 9.63. The van der Waals surface area contributed by atoms with Crippen molar-refractivity contribution in [2.75, 3.05) is 0 Å². The van der Waals surface area contributed by atoms with Gasteiger partial charge >= 0.3 is 0 Å². The monoisotopic (exact) mass is 178 g/mol. The smallest absolute Gasteiger partial charge is 0.0266 e. The molecule has 2 unspecified atom stereocenters. The van der Waals surface area contributed by atoms with Crippen LogP contribution in [0.4, 0.5) is 0 Å². The maximum absolute atomic E-state index is 2.44. The van der Waals surface area contributed by atoms with E-state index >= 15 is 0 Å². The lowest BCUT2D eigenvalue weighted by Crippen LogP contribution is -2.32. The second kappa shape index (κ2) is 2.74. The van der Waals surface area contributed by atoms with Crippen LogP contribution in [-0.4, -0.2) is 0 Å². The average molecular weight is 178 g/mol. The molecule has 3 aliphatic carbocycles. The summed E-state index contributed by atoms with van der Waals surface area (Å²) in [4.78, 5) is 0. The molecule has 13 heavy (non-hydrogen) atoms. The molecule has 3 saturated carbocycles. The Kier molecular flexibility index (Phi) is 1.76. The molecule has 0 radical (unpaired) electrons. The van der Waals surface area contributed by atoms with Crippen LogP contribution in [0.25, 0.3) is 0 Å². The summed E-state index contributed by atoms with van der Waals surface area (Å²) in [6, 6.07) is 0. The van der Waals surface area contributed by atoms with Gasteiger partial charge in [-0.05, 0) is 55.3 Å². The van der Waals surface area contributed by atoms with E-state index in [2.05, 4.69) is 6.92 Å². The van der Waals surface area contributed by atoms with E-state index in [9.17, 15) is 0 Å². The van der Waals surface area contributed by atoms with Crippen LogP contribution in [0.1, 0.15) is 58.3 Å². The second-order valence-electron chi connectivity index (χ2n) is 6.13. The first-order valence-electron chi connectivity index (χ1n) is 6.28. The normalized spacial score (nSPS) is 54.7. The molecular weight excluding hydrogens is 156 g/mol. The zero-order chi connectivity index (χ0) is 8.89. The second-order valence-corrected chi connectivity index (χ2v) is 6.13. The highest BCUT2D eigenvalue weighted by atomic mass is 14.6. The highest BCUT2D eigenvalue weighted by molar-refractivity contribution is 5.01. The summed E-state index contributed by atoms with van der Waals surface area (Å²) in [6.07, 6.45) is 12.6. The average Bonchev–Trinajstić information content (AvgIpc) is 2.70. The van der Waals surface area contributed by atoms with Crippen LogP contribution in [0.2, 0.25) is 0 Å². The summed E-state index contributed by atoms with van der Waals surface area (Å²) in [7, 11) is 0. The van der Waals surface area contributed by atoms with Gasteiger partial charge in [-0.2, -0.15) is 0 Å². The van der Waals surface area contributed by atoms with Crippen molar-refractivity contribution < 1.29 is 0 Å². The first-order chi connectivity index (χ1) is 6.28. The van der Waals surface area contributed by atoms with Gasteiger partial charge in [-0.3, -0.25) is 0 Å². The molecule has 0 aliphatic heterocycles. The van der Waals surface area contributed by atoms with E-state index in [-0.39, 0.29) is 0 Å². The molecule has 3 fully saturated rings. The van der Waals surface area contributed by atoms with Crippen LogP contribution in [0.3, 0.4) is 0 Å². The Hall–Kier alpha value is 0. The Bertz CT molecular complexity index is 198. The van der Waals surface area contributed by atoms with Crippen molar-refractivity contribution in [2.45, 2.75) is 58.3 Å². The minimum atomic E-state index is 0.870. The van der Waals surface area contributed by atoms with Gasteiger partial charge in [-0.1, -0.05) is 26.2 Å². The zero-order valence-corrected chi connectivity index (χ0v) is 8.89. The van der Waals surface area contributed by atoms with Crippen LogP contribution >= 0.6 is 0 Å². The number of hydrogen-bond donors (Lipinski definition) is 0. The summed E-state index contributed by atoms with van der Waals surface area (Å²) < 4.78 is 0. The summed E-state index contributed by atoms with van der Waals surface area (Å²) in [5.74, 6) is 3.34. The molecule has 0 heterocycles. The van der Waals surface area contributed by atoms with Crippen LogP contribution in [-0.2, 0) is 0 Å². The number of fused-ring (bicyclic) bond motifs is 3. The van der Waals surface area contributed by atoms with E-state index in [1.807, 2.05) is 0 Å². The van der Waals surface area contributed by atoms with Crippen LogP contribution in [0, 0.1) is 23.2 Å². The fourth-order valence-corrected chi connectivity index (χ4v) is 4.51. The fourth-order valence-electron chi connectivity index (χ4n) is 4.51. The van der Waals surface area contributed by atoms with Crippen molar-refractivity contribution in [1.82, 2.24) is 0 Å². The van der Waals surface area contributed by atoms with Crippen molar-refractivity contribution in [2.24, 2.45) is 23.2 Å². The largest absolute Gasteiger partial charge is 0.0625 e. The molecule has 3 aliphatic rings. The highest BCUT2D eigenvalue weighted by Gasteiger charge is 2.51. The van der Waals surface area contributed by atoms with E-state index in [1.165, 1.54) is 12.8 Å². The third-order valence-electron chi connectivity index (χ3n) is 5.37. The maximum Gasteiger partial charge on any atom is -0.0266 e. The summed E-state index contributed by atoms with van der Waals surface area (Å²) in [5, 5.41) is 0. The first-order valence-corrected chi connectivity index (χ1v) is 6.28. The van der Waals surface area contributed by atoms with Gasteiger partial charge in [0.05, 0.1) is 0 Å². The molecule has 0 amide bonds. The van der Waals surface area contributed by atoms with Crippen molar-refractivity contribution in [3.8, 4) is 0 Å². The third-order valence-corrected chi connectivity index (χ3v) is 5.37. The van der Waals surface area contributed by atoms with E-state index in [0.29, 0.717) is 0 Å². The fraction of sp³-hybridized carbons (Fsp3) is 1.00. The van der Waals surface area contributed by atoms with Crippen LogP contribution in [0.15, 0.2) is 0 Å². The van der Waals surface area contributed by atoms with Crippen molar-refractivity contribution in [1.29, 1.82) is 0 Å². The molecule has 0 aromatic carbocycles. The quantitative estimate of drug-likeness (QED) is 0.526. The molecule has 0 aromatic rings. The van der Waals surface area contributed by atoms with Gasteiger partial charge < -0.3 is 0 Å². The predicted molar refractivity (Wildman–Crippen MR) is 55.5 cm³/mol. The van der Waals surface area contributed by atoms with E-state index < -0.39 is 0 Å². The van der Waals surface area contributed by atoms with Crippen molar-refractivity contribution in [3.05, 3.63) is 0 Å². The Morgan fingerprint density at radius 1 is 1.00 bits per heavy atom. The third kappa shape index (κ3) is 1.17. The van der Waals surface area contributed by atoms with E-state index in [4.69, 9.17) is 0 Å². The standard InChI is InChI=1S/C13H22/c1-10-4-6-13(7-5-10)9-11-2-3-12(13)8-11/h10-12H,2-9H2,1H3. The molecule has 1 spiro atoms. The Labute approximate surface area is 82.1 Å². The molecule has 3 rings (SSSR count). The molecule has 2 atom stereocenters. The molecular formula is C13H22. The van der Waals surface area contributed by atoms with E-state index in [0.717, 1.165) is 23.2 Å². The maximum atomic E-state index is 2.44. The lowest BCUT2D eigenvalue weighted by molar-refractivity contribution is 0.0819. The Balaban J connectivity index is 1.76. The van der Waals surface area contributed by atoms with Gasteiger partial charge in [0.1, 0.15) is 0 Å². The minimum Gasteiger partial charge on any atom is -0.0625 e.